The lowest BCUT2D eigenvalue weighted by atomic mass is 10.1. The van der Waals surface area contributed by atoms with Crippen LogP contribution in [0.1, 0.15) is 32.0 Å². The number of hydrogen-bond donors (Lipinski definition) is 0. The Kier molecular flexibility index (Phi) is 8.10. The molecule has 0 aliphatic carbocycles. The molecule has 1 fully saturated rings. The van der Waals surface area contributed by atoms with Crippen molar-refractivity contribution in [2.24, 2.45) is 0 Å². The minimum absolute atomic E-state index is 0.300. The van der Waals surface area contributed by atoms with Crippen LogP contribution in [0.4, 0.5) is 0 Å². The minimum atomic E-state index is -0.999. The van der Waals surface area contributed by atoms with Gasteiger partial charge in [-0.25, -0.2) is 0 Å². The van der Waals surface area contributed by atoms with Crippen molar-refractivity contribution in [2.45, 2.75) is 50.9 Å². The van der Waals surface area contributed by atoms with E-state index in [-0.39, 0.29) is 0 Å². The Morgan fingerprint density at radius 3 is 2.22 bits per heavy atom. The van der Waals surface area contributed by atoms with Crippen LogP contribution in [0.25, 0.3) is 0 Å². The fraction of sp³-hybridized carbons (Fsp3) is 0.391. The van der Waals surface area contributed by atoms with Gasteiger partial charge in [-0.1, -0.05) is 30.3 Å². The Labute approximate surface area is 190 Å². The average Bonchev–Trinajstić information content (AvgIpc) is 2.73. The van der Waals surface area contributed by atoms with Gasteiger partial charge in [0.1, 0.15) is 5.75 Å². The summed E-state index contributed by atoms with van der Waals surface area (Å²) in [4.78, 5) is 39.6. The highest BCUT2D eigenvalue weighted by atomic mass is 32.2. The van der Waals surface area contributed by atoms with Crippen LogP contribution in [-0.2, 0) is 35.0 Å². The molecule has 1 aliphatic heterocycles. The maximum absolute atomic E-state index is 11.8. The maximum Gasteiger partial charge on any atom is 0.303 e. The molecule has 0 amide bonds. The van der Waals surface area contributed by atoms with E-state index in [4.69, 9.17) is 18.9 Å². The van der Waals surface area contributed by atoms with Crippen LogP contribution < -0.4 is 4.74 Å². The first-order chi connectivity index (χ1) is 15.3. The van der Waals surface area contributed by atoms with Crippen molar-refractivity contribution < 1.29 is 33.3 Å². The first kappa shape index (κ1) is 23.6. The van der Waals surface area contributed by atoms with Gasteiger partial charge in [-0.3, -0.25) is 19.4 Å². The molecule has 170 valence electrons. The van der Waals surface area contributed by atoms with Gasteiger partial charge in [-0.05, 0) is 17.7 Å². The zero-order valence-corrected chi connectivity index (χ0v) is 18.9. The molecule has 8 nitrogen and oxygen atoms in total. The van der Waals surface area contributed by atoms with Crippen molar-refractivity contribution in [1.82, 2.24) is 4.98 Å². The lowest BCUT2D eigenvalue weighted by Gasteiger charge is -2.40. The van der Waals surface area contributed by atoms with Crippen LogP contribution in [-0.4, -0.2) is 52.4 Å². The topological polar surface area (TPSA) is 101 Å². The van der Waals surface area contributed by atoms with Crippen LogP contribution in [0.15, 0.2) is 48.7 Å². The quantitative estimate of drug-likeness (QED) is 0.457. The molecule has 3 rings (SSSR count). The van der Waals surface area contributed by atoms with E-state index < -0.39 is 41.7 Å². The third-order valence-electron chi connectivity index (χ3n) is 4.61. The Balaban J connectivity index is 1.87. The van der Waals surface area contributed by atoms with Gasteiger partial charge in [-0.2, -0.15) is 0 Å². The molecule has 0 radical (unpaired) electrons. The lowest BCUT2D eigenvalue weighted by Crippen LogP contribution is -2.55. The van der Waals surface area contributed by atoms with Gasteiger partial charge in [-0.15, -0.1) is 11.8 Å². The third kappa shape index (κ3) is 6.46. The number of rotatable bonds is 7. The van der Waals surface area contributed by atoms with Crippen molar-refractivity contribution in [1.29, 1.82) is 0 Å². The fourth-order valence-electron chi connectivity index (χ4n) is 3.39. The van der Waals surface area contributed by atoms with E-state index in [0.29, 0.717) is 23.6 Å². The molecule has 2 heterocycles. The monoisotopic (exact) mass is 459 g/mol. The largest absolute Gasteiger partial charge is 0.474 e. The molecule has 0 saturated carbocycles. The first-order valence-corrected chi connectivity index (χ1v) is 11.2. The Morgan fingerprint density at radius 2 is 1.56 bits per heavy atom. The summed E-state index contributed by atoms with van der Waals surface area (Å²) in [6, 6.07) is 13.4. The summed E-state index contributed by atoms with van der Waals surface area (Å²) < 4.78 is 22.4. The molecule has 2 aromatic rings. The number of pyridine rings is 1. The number of nitrogens with zero attached hydrogens (tertiary/aromatic N) is 1. The standard InChI is InChI=1S/C23H25NO7S/c1-14(25)28-20-13-32-23(22(30-16(3)27)21(20)29-15(2)26)31-19-10-7-11-24-18(19)12-17-8-5-4-6-9-17/h4-11,20-23H,12-13H2,1-3H3/t20-,21+,22-,23+/m1/s1. The molecule has 4 atom stereocenters. The first-order valence-electron chi connectivity index (χ1n) is 10.1. The number of benzene rings is 1. The van der Waals surface area contributed by atoms with Gasteiger partial charge >= 0.3 is 17.9 Å². The Bertz CT molecular complexity index is 952. The Morgan fingerprint density at radius 1 is 0.906 bits per heavy atom. The van der Waals surface area contributed by atoms with Crippen molar-refractivity contribution in [3.63, 3.8) is 0 Å². The summed E-state index contributed by atoms with van der Waals surface area (Å²) in [6.45, 7) is 3.77. The van der Waals surface area contributed by atoms with E-state index in [1.165, 1.54) is 32.5 Å². The number of esters is 3. The summed E-state index contributed by atoms with van der Waals surface area (Å²) in [6.07, 6.45) is -0.523. The van der Waals surface area contributed by atoms with Crippen molar-refractivity contribution in [3.8, 4) is 5.75 Å². The van der Waals surface area contributed by atoms with E-state index in [1.807, 2.05) is 30.3 Å². The highest BCUT2D eigenvalue weighted by Gasteiger charge is 2.47. The maximum atomic E-state index is 11.8. The summed E-state index contributed by atoms with van der Waals surface area (Å²) in [7, 11) is 0. The SMILES string of the molecule is CC(=O)O[C@@H]1[C@@H](OC(C)=O)[C@@H](Oc2cccnc2Cc2ccccc2)SC[C@H]1OC(C)=O. The molecule has 0 bridgehead atoms. The van der Waals surface area contributed by atoms with Crippen LogP contribution >= 0.6 is 11.8 Å². The second-order valence-corrected chi connectivity index (χ2v) is 8.36. The van der Waals surface area contributed by atoms with E-state index in [0.717, 1.165) is 5.56 Å². The molecule has 1 saturated heterocycles. The number of carbonyl (C=O) groups is 3. The smallest absolute Gasteiger partial charge is 0.303 e. The highest BCUT2D eigenvalue weighted by Crippen LogP contribution is 2.35. The average molecular weight is 460 g/mol. The van der Waals surface area contributed by atoms with Crippen molar-refractivity contribution >= 4 is 29.7 Å². The molecule has 0 spiro atoms. The normalized spacial score (nSPS) is 22.5. The van der Waals surface area contributed by atoms with E-state index >= 15 is 0 Å². The molecule has 1 aromatic carbocycles. The zero-order chi connectivity index (χ0) is 23.1. The summed E-state index contributed by atoms with van der Waals surface area (Å²) >= 11 is 1.31. The van der Waals surface area contributed by atoms with Crippen molar-refractivity contribution in [3.05, 3.63) is 59.9 Å². The predicted octanol–water partition coefficient (Wildman–Crippen LogP) is 2.92. The second-order valence-electron chi connectivity index (χ2n) is 7.23. The third-order valence-corrected chi connectivity index (χ3v) is 5.82. The molecule has 1 aliphatic rings. The van der Waals surface area contributed by atoms with Gasteiger partial charge in [0.05, 0.1) is 5.69 Å². The molecule has 1 aromatic heterocycles. The molecule has 0 unspecified atom stereocenters. The molecular formula is C23H25NO7S. The molecule has 0 N–H and O–H groups in total. The van der Waals surface area contributed by atoms with Crippen LogP contribution in [0.3, 0.4) is 0 Å². The van der Waals surface area contributed by atoms with Gasteiger partial charge in [0, 0.05) is 39.1 Å². The van der Waals surface area contributed by atoms with Gasteiger partial charge < -0.3 is 18.9 Å². The predicted molar refractivity (Wildman–Crippen MR) is 117 cm³/mol. The van der Waals surface area contributed by atoms with E-state index in [1.54, 1.807) is 18.3 Å². The number of aromatic nitrogens is 1. The fourth-order valence-corrected chi connectivity index (χ4v) is 4.60. The van der Waals surface area contributed by atoms with E-state index in [2.05, 4.69) is 4.98 Å². The van der Waals surface area contributed by atoms with Crippen LogP contribution in [0.5, 0.6) is 5.75 Å². The summed E-state index contributed by atoms with van der Waals surface area (Å²) in [5, 5.41) is 0. The molecular weight excluding hydrogens is 434 g/mol. The van der Waals surface area contributed by atoms with Crippen LogP contribution in [0.2, 0.25) is 0 Å². The zero-order valence-electron chi connectivity index (χ0n) is 18.1. The summed E-state index contributed by atoms with van der Waals surface area (Å²) in [5.74, 6) is -0.847. The number of hydrogen-bond acceptors (Lipinski definition) is 9. The summed E-state index contributed by atoms with van der Waals surface area (Å²) in [5.41, 5.74) is 1.08. The van der Waals surface area contributed by atoms with Gasteiger partial charge in [0.15, 0.2) is 23.7 Å². The van der Waals surface area contributed by atoms with Gasteiger partial charge in [0.25, 0.3) is 0 Å². The number of thioether (sulfide) groups is 1. The number of carbonyl (C=O) groups excluding carboxylic acids is 3. The van der Waals surface area contributed by atoms with Gasteiger partial charge in [0.2, 0.25) is 0 Å². The van der Waals surface area contributed by atoms with Crippen LogP contribution in [0, 0.1) is 0 Å². The second kappa shape index (κ2) is 11.0. The lowest BCUT2D eigenvalue weighted by molar-refractivity contribution is -0.186. The van der Waals surface area contributed by atoms with Crippen molar-refractivity contribution in [2.75, 3.05) is 5.75 Å². The highest BCUT2D eigenvalue weighted by molar-refractivity contribution is 7.99. The molecule has 9 heteroatoms. The Hall–Kier alpha value is -3.07. The molecule has 32 heavy (non-hydrogen) atoms. The number of ether oxygens (including phenoxy) is 4. The minimum Gasteiger partial charge on any atom is -0.474 e. The van der Waals surface area contributed by atoms with E-state index in [9.17, 15) is 14.4 Å².